The number of carbonyl (C=O) groups excluding carboxylic acids is 5. The zero-order valence-electron chi connectivity index (χ0n) is 39.1. The predicted molar refractivity (Wildman–Crippen MR) is 232 cm³/mol. The Morgan fingerprint density at radius 1 is 0.739 bits per heavy atom. The van der Waals surface area contributed by atoms with Crippen molar-refractivity contribution in [3.8, 4) is 0 Å². The van der Waals surface area contributed by atoms with E-state index in [0.717, 1.165) is 32.3 Å². The van der Waals surface area contributed by atoms with Crippen LogP contribution in [0.15, 0.2) is 34.9 Å². The van der Waals surface area contributed by atoms with E-state index in [9.17, 15) is 59.0 Å². The van der Waals surface area contributed by atoms with E-state index in [1.165, 1.54) is 11.1 Å². The molecule has 3 saturated heterocycles. The second-order valence-electron chi connectivity index (χ2n) is 16.9. The molecule has 14 N–H and O–H groups in total. The SMILES string of the molecule is CC(=O)NC1[C@H](O[C@@H]2C(CO)O[C@@H](O[C@@H]3C(OP(=O)([O-])OC[C@@H](OC/C=C(/C)CC/C=C(\C)CCC=C(C)C)C(=O)[O-])OC(C(N)=O)C(O)[C@@H]3OC(N)=O)C(NC(C)=O)[C@H]2N)OC(CO)[C@@H](O)[C@@H]1N. The molecule has 0 aliphatic carbocycles. The number of allylic oxidation sites excluding steroid dienone is 5. The molecule has 0 aromatic rings. The number of phosphoric ester groups is 1. The molecule has 17 atom stereocenters. The summed E-state index contributed by atoms with van der Waals surface area (Å²) in [4.78, 5) is 74.7. The van der Waals surface area contributed by atoms with Gasteiger partial charge in [-0.15, -0.1) is 0 Å². The lowest BCUT2D eigenvalue weighted by Crippen LogP contribution is -2.73. The Kier molecular flexibility index (Phi) is 23.7. The normalized spacial score (nSPS) is 33.3. The summed E-state index contributed by atoms with van der Waals surface area (Å²) in [5, 5.41) is 59.0. The first-order chi connectivity index (χ1) is 32.3. The third-order valence-electron chi connectivity index (χ3n) is 11.0. The first-order valence-corrected chi connectivity index (χ1v) is 23.3. The number of ether oxygens (including phenoxy) is 7. The van der Waals surface area contributed by atoms with Crippen LogP contribution in [0, 0.1) is 0 Å². The number of rotatable bonds is 25. The van der Waals surface area contributed by atoms with Crippen LogP contribution in [-0.4, -0.2) is 175 Å². The number of phosphoric acid groups is 1. The molecule has 0 aromatic carbocycles. The number of aliphatic carboxylic acids is 1. The Labute approximate surface area is 398 Å². The van der Waals surface area contributed by atoms with Gasteiger partial charge in [-0.05, 0) is 53.4 Å². The third-order valence-corrected chi connectivity index (χ3v) is 12.0. The fourth-order valence-electron chi connectivity index (χ4n) is 7.47. The summed E-state index contributed by atoms with van der Waals surface area (Å²) in [7, 11) is -5.85. The van der Waals surface area contributed by atoms with Crippen molar-refractivity contribution in [1.29, 1.82) is 0 Å². The highest BCUT2D eigenvalue weighted by molar-refractivity contribution is 7.45. The van der Waals surface area contributed by atoms with E-state index in [0.29, 0.717) is 12.8 Å². The molecule has 3 aliphatic heterocycles. The van der Waals surface area contributed by atoms with Gasteiger partial charge >= 0.3 is 6.09 Å². The molecule has 0 bridgehead atoms. The zero-order valence-corrected chi connectivity index (χ0v) is 40.0. The monoisotopic (exact) mass is 1010 g/mol. The molecule has 0 radical (unpaired) electrons. The smallest absolute Gasteiger partial charge is 0.404 e. The van der Waals surface area contributed by atoms with Crippen LogP contribution < -0.4 is 43.6 Å². The number of aliphatic hydroxyl groups is 4. The standard InChI is InChI=1S/C41H69N6O21P/c1-18(2)9-7-10-19(3)11-8-12-20(4)13-14-60-25(37(55)56)17-61-69(58,59)68-40-35(33(67-41(45)57)31(53)34(65-40)36(44)54)66-39-29(47-22(6)51)27(43)32(24(16-49)63-39)64-38-28(46-21(5)50)26(42)30(52)23(15-48)62-38/h9,11,13,23-35,38-40,48-49,52-53H,7-8,10,12,14-17,42-43H2,1-6H3,(H2,44,54)(H2,45,57)(H,46,50)(H,47,51)(H,55,56)(H,58,59)/p-2/b19-11+,20-13-/t23?,24?,25-,26-,27-,28?,29?,30-,31?,32-,33+,34?,35+,38+,39+,40?/m1/s1. The molecular formula is C41H67N6O21P-2. The molecule has 394 valence electrons. The van der Waals surface area contributed by atoms with Crippen molar-refractivity contribution in [2.45, 2.75) is 165 Å². The lowest BCUT2D eigenvalue weighted by atomic mass is 9.92. The number of primary amides is 2. The van der Waals surface area contributed by atoms with Gasteiger partial charge in [0.15, 0.2) is 37.2 Å². The summed E-state index contributed by atoms with van der Waals surface area (Å²) >= 11 is 0. The lowest BCUT2D eigenvalue weighted by Gasteiger charge is -2.50. The first kappa shape index (κ1) is 59.3. The third kappa shape index (κ3) is 18.0. The maximum absolute atomic E-state index is 13.4. The van der Waals surface area contributed by atoms with Crippen molar-refractivity contribution in [3.05, 3.63) is 34.9 Å². The Morgan fingerprint density at radius 3 is 1.80 bits per heavy atom. The first-order valence-electron chi connectivity index (χ1n) is 21.9. The number of carboxylic acids is 1. The van der Waals surface area contributed by atoms with Gasteiger partial charge in [-0.25, -0.2) is 4.79 Å². The molecule has 0 saturated carbocycles. The summed E-state index contributed by atoms with van der Waals surface area (Å²) in [6.07, 6.45) is -15.6. The van der Waals surface area contributed by atoms with E-state index in [1.54, 1.807) is 13.0 Å². The van der Waals surface area contributed by atoms with Crippen molar-refractivity contribution in [1.82, 2.24) is 10.6 Å². The number of nitrogens with two attached hydrogens (primary N) is 4. The number of hydrogen-bond donors (Lipinski definition) is 10. The molecule has 0 spiro atoms. The van der Waals surface area contributed by atoms with Crippen LogP contribution in [0.5, 0.6) is 0 Å². The van der Waals surface area contributed by atoms with E-state index < -0.39 is 155 Å². The second-order valence-corrected chi connectivity index (χ2v) is 18.3. The fraction of sp³-hybridized carbons (Fsp3) is 0.732. The number of amides is 4. The fourth-order valence-corrected chi connectivity index (χ4v) is 8.27. The van der Waals surface area contributed by atoms with E-state index in [-0.39, 0.29) is 6.61 Å². The van der Waals surface area contributed by atoms with E-state index in [4.69, 9.17) is 65.1 Å². The number of carboxylic acid groups (broad SMARTS) is 1. The number of nitrogens with one attached hydrogen (secondary N) is 2. The minimum atomic E-state index is -5.85. The van der Waals surface area contributed by atoms with Gasteiger partial charge in [0.2, 0.25) is 17.7 Å². The van der Waals surface area contributed by atoms with Crippen LogP contribution in [0.25, 0.3) is 0 Å². The average Bonchev–Trinajstić information content (AvgIpc) is 3.24. The molecule has 69 heavy (non-hydrogen) atoms. The van der Waals surface area contributed by atoms with Crippen molar-refractivity contribution in [2.75, 3.05) is 26.4 Å². The van der Waals surface area contributed by atoms with Crippen molar-refractivity contribution in [3.63, 3.8) is 0 Å². The van der Waals surface area contributed by atoms with Crippen LogP contribution in [0.4, 0.5) is 4.79 Å². The van der Waals surface area contributed by atoms with Gasteiger partial charge in [-0.3, -0.25) is 23.5 Å². The quantitative estimate of drug-likeness (QED) is 0.0303. The van der Waals surface area contributed by atoms with Crippen LogP contribution >= 0.6 is 7.82 Å². The second kappa shape index (κ2) is 27.6. The number of carbonyl (C=O) groups is 5. The molecule has 3 heterocycles. The van der Waals surface area contributed by atoms with Crippen LogP contribution in [-0.2, 0) is 65.9 Å². The highest BCUT2D eigenvalue weighted by atomic mass is 31.2. The minimum Gasteiger partial charge on any atom is -0.756 e. The summed E-state index contributed by atoms with van der Waals surface area (Å²) in [5.74, 6) is -4.75. The van der Waals surface area contributed by atoms with Gasteiger partial charge < -0.3 is 106 Å². The highest BCUT2D eigenvalue weighted by Crippen LogP contribution is 2.44. The Balaban J connectivity index is 1.89. The van der Waals surface area contributed by atoms with E-state index >= 15 is 0 Å². The van der Waals surface area contributed by atoms with Gasteiger partial charge in [0.25, 0.3) is 7.82 Å². The van der Waals surface area contributed by atoms with Gasteiger partial charge in [0.1, 0.15) is 30.5 Å². The van der Waals surface area contributed by atoms with Gasteiger partial charge in [0, 0.05) is 13.8 Å². The molecule has 0 aromatic heterocycles. The van der Waals surface area contributed by atoms with Crippen molar-refractivity contribution < 1.29 is 101 Å². The molecule has 3 aliphatic rings. The predicted octanol–water partition coefficient (Wildman–Crippen LogP) is -4.69. The summed E-state index contributed by atoms with van der Waals surface area (Å²) in [6, 6.07) is -5.73. The van der Waals surface area contributed by atoms with Crippen molar-refractivity contribution in [2.24, 2.45) is 22.9 Å². The molecular weight excluding hydrogens is 943 g/mol. The Hall–Kier alpha value is -4.00. The Bertz CT molecular complexity index is 1890. The molecule has 3 rings (SSSR count). The minimum absolute atomic E-state index is 0.295. The Morgan fingerprint density at radius 2 is 1.28 bits per heavy atom. The number of aliphatic hydroxyl groups excluding tert-OH is 4. The largest absolute Gasteiger partial charge is 0.756 e. The topological polar surface area (TPSA) is 441 Å². The van der Waals surface area contributed by atoms with Gasteiger partial charge in [-0.2, -0.15) is 0 Å². The van der Waals surface area contributed by atoms with Gasteiger partial charge in [0.05, 0.1) is 62.7 Å². The average molecular weight is 1010 g/mol. The van der Waals surface area contributed by atoms with E-state index in [1.807, 2.05) is 20.8 Å². The van der Waals surface area contributed by atoms with Crippen LogP contribution in [0.3, 0.4) is 0 Å². The molecule has 27 nitrogen and oxygen atoms in total. The maximum atomic E-state index is 13.4. The summed E-state index contributed by atoms with van der Waals surface area (Å²) in [5.41, 5.74) is 26.7. The maximum Gasteiger partial charge on any atom is 0.404 e. The summed E-state index contributed by atoms with van der Waals surface area (Å²) in [6.45, 7) is 6.80. The zero-order chi connectivity index (χ0) is 51.9. The van der Waals surface area contributed by atoms with Gasteiger partial charge in [-0.1, -0.05) is 34.9 Å². The van der Waals surface area contributed by atoms with Crippen LogP contribution in [0.2, 0.25) is 0 Å². The molecule has 8 unspecified atom stereocenters. The van der Waals surface area contributed by atoms with E-state index in [2.05, 4.69) is 22.8 Å². The number of hydrogen-bond acceptors (Lipinski definition) is 23. The molecule has 28 heteroatoms. The van der Waals surface area contributed by atoms with Crippen molar-refractivity contribution >= 4 is 37.6 Å². The summed E-state index contributed by atoms with van der Waals surface area (Å²) < 4.78 is 62.8. The molecule has 3 fully saturated rings. The van der Waals surface area contributed by atoms with Crippen LogP contribution in [0.1, 0.15) is 67.2 Å². The highest BCUT2D eigenvalue weighted by Gasteiger charge is 2.56. The lowest BCUT2D eigenvalue weighted by molar-refractivity contribution is -0.350. The molecule has 4 amide bonds.